The Balaban J connectivity index is 1.18. The Morgan fingerprint density at radius 2 is 2.17 bits per heavy atom. The average molecular weight is 396 g/mol. The first-order valence-electron chi connectivity index (χ1n) is 10.6. The van der Waals surface area contributed by atoms with Gasteiger partial charge in [0.2, 0.25) is 5.91 Å². The van der Waals surface area contributed by atoms with Crippen molar-refractivity contribution in [2.75, 3.05) is 19.6 Å². The molecule has 4 aliphatic rings. The standard InChI is InChI=1S/C20H24N6O3/c27-18(12-2-1-3-12)21-8-14-15-10-25(11-20(15)7-6-16(14)29-20)19(28)13-4-5-17-22-23-24-26(17)9-13/h4-5,9,12,14-16H,1-3,6-8,10-11H2,(H,21,27)/t14-,15+,16+,20+/m0/s1. The number of hydrogen-bond donors (Lipinski definition) is 1. The summed E-state index contributed by atoms with van der Waals surface area (Å²) in [6.45, 7) is 1.95. The number of amides is 2. The van der Waals surface area contributed by atoms with Gasteiger partial charge in [0, 0.05) is 37.0 Å². The Bertz CT molecular complexity index is 988. The van der Waals surface area contributed by atoms with Gasteiger partial charge in [0.1, 0.15) is 0 Å². The summed E-state index contributed by atoms with van der Waals surface area (Å²) < 4.78 is 7.94. The molecule has 2 amide bonds. The number of likely N-dealkylation sites (tertiary alicyclic amines) is 1. The molecule has 1 N–H and O–H groups in total. The van der Waals surface area contributed by atoms with Gasteiger partial charge >= 0.3 is 0 Å². The Morgan fingerprint density at radius 3 is 3.00 bits per heavy atom. The fourth-order valence-electron chi connectivity index (χ4n) is 5.70. The van der Waals surface area contributed by atoms with Crippen molar-refractivity contribution >= 4 is 17.5 Å². The van der Waals surface area contributed by atoms with E-state index in [-0.39, 0.29) is 41.3 Å². The molecule has 29 heavy (non-hydrogen) atoms. The van der Waals surface area contributed by atoms with E-state index >= 15 is 0 Å². The van der Waals surface area contributed by atoms with Crippen LogP contribution in [0.1, 0.15) is 42.5 Å². The number of carbonyl (C=O) groups excluding carboxylic acids is 2. The monoisotopic (exact) mass is 396 g/mol. The number of hydrogen-bond acceptors (Lipinski definition) is 6. The maximum absolute atomic E-state index is 13.1. The third kappa shape index (κ3) is 2.59. The molecule has 2 aromatic rings. The zero-order valence-corrected chi connectivity index (χ0v) is 16.2. The fraction of sp³-hybridized carbons (Fsp3) is 0.650. The second-order valence-electron chi connectivity index (χ2n) is 8.99. The molecule has 9 heteroatoms. The Kier molecular flexibility index (Phi) is 3.72. The smallest absolute Gasteiger partial charge is 0.255 e. The number of tetrazole rings is 1. The van der Waals surface area contributed by atoms with Crippen LogP contribution < -0.4 is 5.32 Å². The van der Waals surface area contributed by atoms with Gasteiger partial charge in [-0.3, -0.25) is 9.59 Å². The van der Waals surface area contributed by atoms with Crippen LogP contribution in [0.3, 0.4) is 0 Å². The highest BCUT2D eigenvalue weighted by Crippen LogP contribution is 2.54. The maximum atomic E-state index is 13.1. The first-order valence-corrected chi connectivity index (χ1v) is 10.6. The predicted molar refractivity (Wildman–Crippen MR) is 101 cm³/mol. The van der Waals surface area contributed by atoms with Crippen molar-refractivity contribution in [1.82, 2.24) is 30.3 Å². The van der Waals surface area contributed by atoms with E-state index in [1.807, 2.05) is 4.90 Å². The van der Waals surface area contributed by atoms with E-state index in [1.54, 1.807) is 18.3 Å². The van der Waals surface area contributed by atoms with E-state index in [2.05, 4.69) is 20.8 Å². The van der Waals surface area contributed by atoms with Crippen molar-refractivity contribution in [3.05, 3.63) is 23.9 Å². The quantitative estimate of drug-likeness (QED) is 0.815. The SMILES string of the molecule is O=C(NC[C@H]1[C@H]2CN(C(=O)c3ccc4nnnn4c3)C[C@]23CC[C@H]1O3)C1CCC1. The molecule has 2 aromatic heterocycles. The van der Waals surface area contributed by atoms with Crippen molar-refractivity contribution in [3.8, 4) is 0 Å². The summed E-state index contributed by atoms with van der Waals surface area (Å²) in [7, 11) is 0. The molecule has 0 aromatic carbocycles. The number of nitrogens with zero attached hydrogens (tertiary/aromatic N) is 5. The van der Waals surface area contributed by atoms with Crippen LogP contribution in [-0.4, -0.2) is 68.1 Å². The van der Waals surface area contributed by atoms with Gasteiger partial charge in [0.15, 0.2) is 5.65 Å². The summed E-state index contributed by atoms with van der Waals surface area (Å²) >= 11 is 0. The largest absolute Gasteiger partial charge is 0.369 e. The van der Waals surface area contributed by atoms with E-state index in [0.717, 1.165) is 32.1 Å². The van der Waals surface area contributed by atoms with Crippen molar-refractivity contribution in [3.63, 3.8) is 0 Å². The molecule has 2 bridgehead atoms. The third-order valence-corrected chi connectivity index (χ3v) is 7.50. The van der Waals surface area contributed by atoms with Crippen LogP contribution in [0, 0.1) is 17.8 Å². The topological polar surface area (TPSA) is 102 Å². The number of carbonyl (C=O) groups is 2. The van der Waals surface area contributed by atoms with E-state index in [4.69, 9.17) is 4.74 Å². The van der Waals surface area contributed by atoms with Crippen LogP contribution >= 0.6 is 0 Å². The molecule has 4 fully saturated rings. The Morgan fingerprint density at radius 1 is 1.28 bits per heavy atom. The molecule has 4 atom stereocenters. The minimum Gasteiger partial charge on any atom is -0.369 e. The summed E-state index contributed by atoms with van der Waals surface area (Å²) in [5, 5.41) is 14.6. The van der Waals surface area contributed by atoms with Gasteiger partial charge < -0.3 is 15.0 Å². The maximum Gasteiger partial charge on any atom is 0.255 e. The number of nitrogens with one attached hydrogen (secondary N) is 1. The van der Waals surface area contributed by atoms with Gasteiger partial charge in [-0.15, -0.1) is 5.10 Å². The van der Waals surface area contributed by atoms with Gasteiger partial charge in [0.05, 0.1) is 23.8 Å². The molecule has 152 valence electrons. The highest BCUT2D eigenvalue weighted by Gasteiger charge is 2.63. The molecule has 3 saturated heterocycles. The lowest BCUT2D eigenvalue weighted by Crippen LogP contribution is -2.44. The number of fused-ring (bicyclic) bond motifs is 2. The van der Waals surface area contributed by atoms with Crippen molar-refractivity contribution in [2.45, 2.75) is 43.8 Å². The molecule has 0 radical (unpaired) electrons. The third-order valence-electron chi connectivity index (χ3n) is 7.50. The summed E-state index contributed by atoms with van der Waals surface area (Å²) in [4.78, 5) is 27.3. The average Bonchev–Trinajstić information content (AvgIpc) is 3.43. The van der Waals surface area contributed by atoms with Crippen LogP contribution in [0.4, 0.5) is 0 Å². The number of aromatic nitrogens is 4. The van der Waals surface area contributed by atoms with Crippen molar-refractivity contribution in [2.24, 2.45) is 17.8 Å². The number of pyridine rings is 1. The summed E-state index contributed by atoms with van der Waals surface area (Å²) in [5.74, 6) is 0.937. The minimum atomic E-state index is -0.245. The van der Waals surface area contributed by atoms with Gasteiger partial charge in [-0.25, -0.2) is 0 Å². The van der Waals surface area contributed by atoms with Crippen LogP contribution in [-0.2, 0) is 9.53 Å². The molecule has 3 aliphatic heterocycles. The molecule has 1 aliphatic carbocycles. The summed E-state index contributed by atoms with van der Waals surface area (Å²) in [6, 6.07) is 3.53. The van der Waals surface area contributed by atoms with Gasteiger partial charge in [0.25, 0.3) is 5.91 Å². The molecule has 9 nitrogen and oxygen atoms in total. The van der Waals surface area contributed by atoms with Crippen LogP contribution in [0.5, 0.6) is 0 Å². The minimum absolute atomic E-state index is 0.0181. The predicted octanol–water partition coefficient (Wildman–Crippen LogP) is 0.660. The molecule has 0 unspecified atom stereocenters. The Labute approximate surface area is 167 Å². The van der Waals surface area contributed by atoms with Crippen LogP contribution in [0.15, 0.2) is 18.3 Å². The molecular weight excluding hydrogens is 372 g/mol. The zero-order valence-electron chi connectivity index (χ0n) is 16.2. The number of ether oxygens (including phenoxy) is 1. The highest BCUT2D eigenvalue weighted by molar-refractivity contribution is 5.94. The first kappa shape index (κ1) is 17.3. The second-order valence-corrected chi connectivity index (χ2v) is 8.99. The van der Waals surface area contributed by atoms with Gasteiger partial charge in [-0.2, -0.15) is 4.52 Å². The molecule has 5 heterocycles. The normalized spacial score (nSPS) is 33.1. The van der Waals surface area contributed by atoms with Gasteiger partial charge in [-0.05, 0) is 48.2 Å². The van der Waals surface area contributed by atoms with E-state index in [1.165, 1.54) is 4.52 Å². The van der Waals surface area contributed by atoms with Crippen molar-refractivity contribution in [1.29, 1.82) is 0 Å². The fourth-order valence-corrected chi connectivity index (χ4v) is 5.70. The molecule has 6 rings (SSSR count). The Hall–Kier alpha value is -2.55. The molecular formula is C20H24N6O3. The lowest BCUT2D eigenvalue weighted by atomic mass is 9.73. The van der Waals surface area contributed by atoms with E-state index in [0.29, 0.717) is 30.8 Å². The van der Waals surface area contributed by atoms with E-state index < -0.39 is 0 Å². The second kappa shape index (κ2) is 6.22. The van der Waals surface area contributed by atoms with Crippen LogP contribution in [0.2, 0.25) is 0 Å². The highest BCUT2D eigenvalue weighted by atomic mass is 16.5. The number of rotatable bonds is 4. The molecule has 1 spiro atoms. The zero-order chi connectivity index (χ0) is 19.6. The lowest BCUT2D eigenvalue weighted by molar-refractivity contribution is -0.127. The summed E-state index contributed by atoms with van der Waals surface area (Å²) in [5.41, 5.74) is 0.943. The van der Waals surface area contributed by atoms with Crippen LogP contribution in [0.25, 0.3) is 5.65 Å². The van der Waals surface area contributed by atoms with Gasteiger partial charge in [-0.1, -0.05) is 6.42 Å². The first-order chi connectivity index (χ1) is 14.1. The summed E-state index contributed by atoms with van der Waals surface area (Å²) in [6.07, 6.45) is 7.07. The lowest BCUT2D eigenvalue weighted by Gasteiger charge is -2.30. The van der Waals surface area contributed by atoms with E-state index in [9.17, 15) is 9.59 Å². The molecule has 1 saturated carbocycles. The van der Waals surface area contributed by atoms with Crippen molar-refractivity contribution < 1.29 is 14.3 Å².